The van der Waals surface area contributed by atoms with Gasteiger partial charge in [-0.25, -0.2) is 4.79 Å². The van der Waals surface area contributed by atoms with Crippen LogP contribution in [0, 0.1) is 0 Å². The van der Waals surface area contributed by atoms with Gasteiger partial charge in [-0.3, -0.25) is 4.90 Å². The molecule has 1 N–H and O–H groups in total. The van der Waals surface area contributed by atoms with Gasteiger partial charge in [-0.15, -0.1) is 0 Å². The molecule has 4 atom stereocenters. The second-order valence-electron chi connectivity index (χ2n) is 11.4. The molecule has 6 rings (SSSR count). The Morgan fingerprint density at radius 1 is 1.00 bits per heavy atom. The third-order valence-electron chi connectivity index (χ3n) is 9.91. The van der Waals surface area contributed by atoms with Gasteiger partial charge < -0.3 is 19.6 Å². The Morgan fingerprint density at radius 2 is 1.74 bits per heavy atom. The van der Waals surface area contributed by atoms with Gasteiger partial charge in [0.1, 0.15) is 6.23 Å². The van der Waals surface area contributed by atoms with E-state index in [9.17, 15) is 9.90 Å². The Labute approximate surface area is 204 Å². The van der Waals surface area contributed by atoms with Crippen LogP contribution in [0.1, 0.15) is 88.3 Å². The zero-order valence-corrected chi connectivity index (χ0v) is 20.7. The number of ether oxygens (including phenoxy) is 1. The van der Waals surface area contributed by atoms with Crippen molar-refractivity contribution in [2.45, 2.75) is 107 Å². The Hall–Kier alpha value is -1.63. The summed E-state index contributed by atoms with van der Waals surface area (Å²) < 4.78 is 5.36. The van der Waals surface area contributed by atoms with E-state index in [1.165, 1.54) is 24.8 Å². The molecule has 5 aliphatic rings. The maximum absolute atomic E-state index is 12.5. The van der Waals surface area contributed by atoms with E-state index < -0.39 is 0 Å². The number of hydrogen-bond donors (Lipinski definition) is 1. The van der Waals surface area contributed by atoms with Crippen LogP contribution >= 0.6 is 0 Å². The summed E-state index contributed by atoms with van der Waals surface area (Å²) in [6.45, 7) is 5.71. The molecule has 1 spiro atoms. The topological polar surface area (TPSA) is 56.2 Å². The molecule has 1 aliphatic carbocycles. The van der Waals surface area contributed by atoms with Crippen LogP contribution in [0.4, 0.5) is 4.79 Å². The molecule has 4 aliphatic heterocycles. The quantitative estimate of drug-likeness (QED) is 0.713. The minimum absolute atomic E-state index is 0.0949. The predicted octanol–water partition coefficient (Wildman–Crippen LogP) is 4.42. The average molecular weight is 468 g/mol. The van der Waals surface area contributed by atoms with Gasteiger partial charge in [0.25, 0.3) is 0 Å². The summed E-state index contributed by atoms with van der Waals surface area (Å²) in [5, 5.41) is 10.6. The number of aliphatic hydroxyl groups is 1. The number of nitrogens with zero attached hydrogens (tertiary/aromatic N) is 3. The van der Waals surface area contributed by atoms with E-state index in [2.05, 4.69) is 39.0 Å². The highest BCUT2D eigenvalue weighted by Crippen LogP contribution is 2.51. The third-order valence-corrected chi connectivity index (χ3v) is 9.91. The minimum atomic E-state index is -0.273. The number of piperidine rings is 2. The van der Waals surface area contributed by atoms with Crippen molar-refractivity contribution in [2.24, 2.45) is 0 Å². The molecule has 0 aromatic heterocycles. The fourth-order valence-corrected chi connectivity index (χ4v) is 8.23. The predicted molar refractivity (Wildman–Crippen MR) is 132 cm³/mol. The first-order chi connectivity index (χ1) is 16.6. The Kier molecular flexibility index (Phi) is 6.11. The first kappa shape index (κ1) is 22.8. The molecule has 1 aromatic rings. The summed E-state index contributed by atoms with van der Waals surface area (Å²) in [4.78, 5) is 19.6. The second-order valence-corrected chi connectivity index (χ2v) is 11.4. The highest BCUT2D eigenvalue weighted by molar-refractivity contribution is 5.69. The zero-order chi connectivity index (χ0) is 23.3. The standard InChI is InChI=1S/C28H41N3O3/c1-2-34-27(33)31-20-9-10-21(31)19-22(18-20)29-16-13-28(14-17-29)12-11-25(30-15-5-8-26(30)32)23-6-3-4-7-24(23)28/h3-4,6-7,20-22,25-26,32H,2,5,8-19H2,1H3/t20?,21?,22?,25-,26?/m0/s1. The summed E-state index contributed by atoms with van der Waals surface area (Å²) in [6, 6.07) is 10.8. The summed E-state index contributed by atoms with van der Waals surface area (Å²) in [5.41, 5.74) is 3.32. The molecule has 2 bridgehead atoms. The molecule has 6 heteroatoms. The molecule has 0 radical (unpaired) electrons. The molecule has 1 aromatic carbocycles. The van der Waals surface area contributed by atoms with E-state index in [-0.39, 0.29) is 12.3 Å². The van der Waals surface area contributed by atoms with Crippen LogP contribution in [0.3, 0.4) is 0 Å². The van der Waals surface area contributed by atoms with Crippen molar-refractivity contribution in [1.82, 2.24) is 14.7 Å². The SMILES string of the molecule is CCOC(=O)N1C2CCC1CC(N1CCC3(CC[C@H](N4CCCC4O)c4ccccc43)CC1)C2. The number of amides is 1. The van der Waals surface area contributed by atoms with Crippen LogP contribution in [0.15, 0.2) is 24.3 Å². The molecule has 4 fully saturated rings. The van der Waals surface area contributed by atoms with Crippen LogP contribution in [-0.2, 0) is 10.2 Å². The van der Waals surface area contributed by atoms with Crippen molar-refractivity contribution in [3.63, 3.8) is 0 Å². The molecule has 1 amide bonds. The van der Waals surface area contributed by atoms with Crippen LogP contribution in [-0.4, -0.2) is 76.5 Å². The lowest BCUT2D eigenvalue weighted by molar-refractivity contribution is -0.00721. The lowest BCUT2D eigenvalue weighted by Gasteiger charge is -2.51. The van der Waals surface area contributed by atoms with Crippen molar-refractivity contribution in [1.29, 1.82) is 0 Å². The molecule has 6 nitrogen and oxygen atoms in total. The molecular formula is C28H41N3O3. The van der Waals surface area contributed by atoms with E-state index in [0.717, 1.165) is 64.6 Å². The van der Waals surface area contributed by atoms with Crippen LogP contribution in [0.25, 0.3) is 0 Å². The van der Waals surface area contributed by atoms with Crippen molar-refractivity contribution >= 4 is 6.09 Å². The smallest absolute Gasteiger partial charge is 0.410 e. The number of rotatable bonds is 3. The van der Waals surface area contributed by atoms with Gasteiger partial charge >= 0.3 is 6.09 Å². The lowest BCUT2D eigenvalue weighted by Crippen LogP contribution is -2.55. The summed E-state index contributed by atoms with van der Waals surface area (Å²) in [6.07, 6.45) is 11.0. The van der Waals surface area contributed by atoms with E-state index in [0.29, 0.717) is 36.2 Å². The maximum atomic E-state index is 12.5. The average Bonchev–Trinajstić information content (AvgIpc) is 3.40. The zero-order valence-electron chi connectivity index (χ0n) is 20.7. The number of carbonyl (C=O) groups is 1. The number of benzene rings is 1. The fourth-order valence-electron chi connectivity index (χ4n) is 8.23. The third kappa shape index (κ3) is 3.77. The molecule has 4 heterocycles. The number of aliphatic hydroxyl groups excluding tert-OH is 1. The number of likely N-dealkylation sites (tertiary alicyclic amines) is 2. The van der Waals surface area contributed by atoms with E-state index in [1.807, 2.05) is 6.92 Å². The molecule has 0 saturated carbocycles. The maximum Gasteiger partial charge on any atom is 0.410 e. The van der Waals surface area contributed by atoms with Crippen molar-refractivity contribution < 1.29 is 14.6 Å². The Balaban J connectivity index is 1.14. The Bertz CT molecular complexity index is 885. The highest BCUT2D eigenvalue weighted by Gasteiger charge is 2.48. The van der Waals surface area contributed by atoms with E-state index in [4.69, 9.17) is 4.74 Å². The van der Waals surface area contributed by atoms with Gasteiger partial charge in [0.15, 0.2) is 0 Å². The van der Waals surface area contributed by atoms with Crippen molar-refractivity contribution in [3.8, 4) is 0 Å². The molecular weight excluding hydrogens is 426 g/mol. The van der Waals surface area contributed by atoms with Crippen LogP contribution in [0.2, 0.25) is 0 Å². The Morgan fingerprint density at radius 3 is 2.41 bits per heavy atom. The van der Waals surface area contributed by atoms with E-state index >= 15 is 0 Å². The monoisotopic (exact) mass is 467 g/mol. The first-order valence-electron chi connectivity index (χ1n) is 13.8. The summed E-state index contributed by atoms with van der Waals surface area (Å²) >= 11 is 0. The minimum Gasteiger partial charge on any atom is -0.450 e. The van der Waals surface area contributed by atoms with Gasteiger partial charge in [0.2, 0.25) is 0 Å². The fraction of sp³-hybridized carbons (Fsp3) is 0.750. The van der Waals surface area contributed by atoms with Gasteiger partial charge in [-0.2, -0.15) is 0 Å². The molecule has 3 unspecified atom stereocenters. The number of fused-ring (bicyclic) bond motifs is 4. The normalized spacial score (nSPS) is 35.5. The van der Waals surface area contributed by atoms with Crippen molar-refractivity contribution in [3.05, 3.63) is 35.4 Å². The second kappa shape index (κ2) is 9.11. The van der Waals surface area contributed by atoms with Crippen LogP contribution in [0.5, 0.6) is 0 Å². The van der Waals surface area contributed by atoms with Crippen LogP contribution < -0.4 is 0 Å². The highest BCUT2D eigenvalue weighted by atomic mass is 16.6. The molecule has 34 heavy (non-hydrogen) atoms. The molecule has 186 valence electrons. The van der Waals surface area contributed by atoms with Gasteiger partial charge in [0.05, 0.1) is 6.61 Å². The van der Waals surface area contributed by atoms with Gasteiger partial charge in [-0.05, 0) is 101 Å². The van der Waals surface area contributed by atoms with Gasteiger partial charge in [-0.1, -0.05) is 24.3 Å². The van der Waals surface area contributed by atoms with E-state index in [1.54, 1.807) is 5.56 Å². The number of hydrogen-bond acceptors (Lipinski definition) is 5. The number of carbonyl (C=O) groups excluding carboxylic acids is 1. The summed E-state index contributed by atoms with van der Waals surface area (Å²) in [5.74, 6) is 0. The lowest BCUT2D eigenvalue weighted by atomic mass is 9.63. The largest absolute Gasteiger partial charge is 0.450 e. The van der Waals surface area contributed by atoms with Gasteiger partial charge in [0, 0.05) is 30.7 Å². The van der Waals surface area contributed by atoms with Crippen molar-refractivity contribution in [2.75, 3.05) is 26.2 Å². The first-order valence-corrected chi connectivity index (χ1v) is 13.8. The molecule has 4 saturated heterocycles. The summed E-state index contributed by atoms with van der Waals surface area (Å²) in [7, 11) is 0.